The second kappa shape index (κ2) is 5.12. The second-order valence-corrected chi connectivity index (χ2v) is 3.12. The first-order valence-corrected chi connectivity index (χ1v) is 4.46. The largest absolute Gasteiger partial charge is 0.399 e. The van der Waals surface area contributed by atoms with Crippen molar-refractivity contribution >= 4 is 23.6 Å². The predicted molar refractivity (Wildman–Crippen MR) is 53.4 cm³/mol. The molecule has 0 spiro atoms. The Bertz CT molecular complexity index is 346. The van der Waals surface area contributed by atoms with Crippen molar-refractivity contribution in [3.63, 3.8) is 0 Å². The van der Waals surface area contributed by atoms with E-state index in [2.05, 4.69) is 9.99 Å². The zero-order valence-corrected chi connectivity index (χ0v) is 7.91. The average molecular weight is 192 g/mol. The van der Waals surface area contributed by atoms with E-state index in [4.69, 9.17) is 5.26 Å². The van der Waals surface area contributed by atoms with Crippen molar-refractivity contribution in [1.29, 1.82) is 5.26 Å². The van der Waals surface area contributed by atoms with Crippen LogP contribution in [0, 0.1) is 11.3 Å². The molecule has 0 aliphatic carbocycles. The van der Waals surface area contributed by atoms with Crippen LogP contribution < -0.4 is 0 Å². The van der Waals surface area contributed by atoms with Gasteiger partial charge in [-0.3, -0.25) is 0 Å². The van der Waals surface area contributed by atoms with E-state index in [0.717, 1.165) is 4.88 Å². The summed E-state index contributed by atoms with van der Waals surface area (Å²) in [6.45, 7) is 0. The topological polar surface area (TPSA) is 45.4 Å². The maximum Gasteiger partial charge on any atom is 0.106 e. The average Bonchev–Trinajstić information content (AvgIpc) is 2.64. The third kappa shape index (κ3) is 3.09. The third-order valence-electron chi connectivity index (χ3n) is 1.27. The lowest BCUT2D eigenvalue weighted by molar-refractivity contribution is 0.215. The van der Waals surface area contributed by atoms with Crippen molar-refractivity contribution < 1.29 is 4.84 Å². The molecule has 0 aliphatic heterocycles. The van der Waals surface area contributed by atoms with E-state index >= 15 is 0 Å². The summed E-state index contributed by atoms with van der Waals surface area (Å²) in [7, 11) is 1.44. The molecule has 1 aromatic rings. The fourth-order valence-corrected chi connectivity index (χ4v) is 1.40. The molecular formula is C9H8N2OS. The van der Waals surface area contributed by atoms with E-state index in [0.29, 0.717) is 5.57 Å². The first-order chi connectivity index (χ1) is 6.36. The Labute approximate surface area is 80.6 Å². The van der Waals surface area contributed by atoms with Crippen LogP contribution in [0.2, 0.25) is 0 Å². The van der Waals surface area contributed by atoms with Crippen molar-refractivity contribution in [2.45, 2.75) is 0 Å². The highest BCUT2D eigenvalue weighted by Gasteiger charge is 1.92. The lowest BCUT2D eigenvalue weighted by atomic mass is 10.3. The summed E-state index contributed by atoms with van der Waals surface area (Å²) in [4.78, 5) is 5.50. The minimum atomic E-state index is 0.476. The van der Waals surface area contributed by atoms with E-state index in [1.165, 1.54) is 13.3 Å². The van der Waals surface area contributed by atoms with E-state index in [-0.39, 0.29) is 0 Å². The van der Waals surface area contributed by atoms with Gasteiger partial charge in [0.1, 0.15) is 13.2 Å². The minimum absolute atomic E-state index is 0.476. The van der Waals surface area contributed by atoms with Gasteiger partial charge in [0.15, 0.2) is 0 Å². The smallest absolute Gasteiger partial charge is 0.106 e. The van der Waals surface area contributed by atoms with Crippen molar-refractivity contribution in [2.24, 2.45) is 5.16 Å². The number of allylic oxidation sites excluding steroid dienone is 1. The fraction of sp³-hybridized carbons (Fsp3) is 0.111. The van der Waals surface area contributed by atoms with Gasteiger partial charge < -0.3 is 4.84 Å². The predicted octanol–water partition coefficient (Wildman–Crippen LogP) is 2.29. The number of hydrogen-bond acceptors (Lipinski definition) is 4. The van der Waals surface area contributed by atoms with Gasteiger partial charge in [0, 0.05) is 4.88 Å². The molecule has 0 unspecified atom stereocenters. The molecule has 0 amide bonds. The van der Waals surface area contributed by atoms with Gasteiger partial charge in [0.05, 0.1) is 11.8 Å². The number of nitrogens with zero attached hydrogens (tertiary/aromatic N) is 2. The standard InChI is InChI=1S/C9H8N2OS/c1-12-11-7-8(6-10)5-9-3-2-4-13-9/h2-5,7H,1H3/b8-5+,11-7-. The van der Waals surface area contributed by atoms with Gasteiger partial charge in [-0.15, -0.1) is 11.3 Å². The molecule has 0 fully saturated rings. The van der Waals surface area contributed by atoms with Gasteiger partial charge in [0.25, 0.3) is 0 Å². The molecule has 0 saturated carbocycles. The number of rotatable bonds is 3. The van der Waals surface area contributed by atoms with Gasteiger partial charge in [-0.1, -0.05) is 11.2 Å². The molecule has 1 heterocycles. The molecule has 0 bridgehead atoms. The van der Waals surface area contributed by atoms with Gasteiger partial charge in [0.2, 0.25) is 0 Å². The summed E-state index contributed by atoms with van der Waals surface area (Å²) in [6.07, 6.45) is 3.15. The highest BCUT2D eigenvalue weighted by molar-refractivity contribution is 7.10. The number of oxime groups is 1. The molecule has 0 aromatic carbocycles. The first kappa shape index (κ1) is 9.49. The van der Waals surface area contributed by atoms with Crippen LogP contribution in [0.15, 0.2) is 28.2 Å². The zero-order chi connectivity index (χ0) is 9.52. The summed E-state index contributed by atoms with van der Waals surface area (Å²) >= 11 is 1.57. The quantitative estimate of drug-likeness (QED) is 0.419. The van der Waals surface area contributed by atoms with Crippen LogP contribution in [0.1, 0.15) is 4.88 Å². The van der Waals surface area contributed by atoms with Gasteiger partial charge in [-0.25, -0.2) is 0 Å². The van der Waals surface area contributed by atoms with Crippen molar-refractivity contribution in [2.75, 3.05) is 7.11 Å². The Morgan fingerprint density at radius 1 is 1.77 bits per heavy atom. The molecule has 0 N–H and O–H groups in total. The van der Waals surface area contributed by atoms with Crippen molar-refractivity contribution in [1.82, 2.24) is 0 Å². The van der Waals surface area contributed by atoms with Gasteiger partial charge >= 0.3 is 0 Å². The Morgan fingerprint density at radius 3 is 3.15 bits per heavy atom. The number of nitriles is 1. The minimum Gasteiger partial charge on any atom is -0.399 e. The summed E-state index contributed by atoms with van der Waals surface area (Å²) in [6, 6.07) is 5.88. The molecule has 4 heteroatoms. The maximum absolute atomic E-state index is 8.69. The van der Waals surface area contributed by atoms with Crippen molar-refractivity contribution in [3.05, 3.63) is 28.0 Å². The SMILES string of the molecule is CO/N=C\C(C#N)=C\c1cccs1. The number of thiophene rings is 1. The van der Waals surface area contributed by atoms with E-state index in [1.54, 1.807) is 17.4 Å². The summed E-state index contributed by atoms with van der Waals surface area (Å²) < 4.78 is 0. The molecule has 0 atom stereocenters. The summed E-state index contributed by atoms with van der Waals surface area (Å²) in [5.74, 6) is 0. The Morgan fingerprint density at radius 2 is 2.62 bits per heavy atom. The Kier molecular flexibility index (Phi) is 3.74. The molecule has 1 rings (SSSR count). The van der Waals surface area contributed by atoms with E-state index in [9.17, 15) is 0 Å². The van der Waals surface area contributed by atoms with Crippen molar-refractivity contribution in [3.8, 4) is 6.07 Å². The van der Waals surface area contributed by atoms with Gasteiger partial charge in [-0.2, -0.15) is 5.26 Å². The van der Waals surface area contributed by atoms with Crippen LogP contribution in [0.25, 0.3) is 6.08 Å². The lowest BCUT2D eigenvalue weighted by Gasteiger charge is -1.86. The summed E-state index contributed by atoms with van der Waals surface area (Å²) in [5, 5.41) is 14.2. The molecule has 0 aliphatic rings. The molecule has 1 aromatic heterocycles. The third-order valence-corrected chi connectivity index (χ3v) is 2.09. The Balaban J connectivity index is 2.79. The van der Waals surface area contributed by atoms with E-state index < -0.39 is 0 Å². The highest BCUT2D eigenvalue weighted by Crippen LogP contribution is 2.12. The van der Waals surface area contributed by atoms with Crippen LogP contribution in [0.3, 0.4) is 0 Å². The summed E-state index contributed by atoms with van der Waals surface area (Å²) in [5.41, 5.74) is 0.476. The molecule has 3 nitrogen and oxygen atoms in total. The fourth-order valence-electron chi connectivity index (χ4n) is 0.735. The van der Waals surface area contributed by atoms with Crippen LogP contribution in [-0.2, 0) is 4.84 Å². The van der Waals surface area contributed by atoms with Crippen LogP contribution in [-0.4, -0.2) is 13.3 Å². The lowest BCUT2D eigenvalue weighted by Crippen LogP contribution is -1.80. The zero-order valence-electron chi connectivity index (χ0n) is 7.10. The molecule has 13 heavy (non-hydrogen) atoms. The van der Waals surface area contributed by atoms with Crippen LogP contribution >= 0.6 is 11.3 Å². The van der Waals surface area contributed by atoms with E-state index in [1.807, 2.05) is 23.6 Å². The monoisotopic (exact) mass is 192 g/mol. The van der Waals surface area contributed by atoms with Gasteiger partial charge in [-0.05, 0) is 17.5 Å². The van der Waals surface area contributed by atoms with Crippen LogP contribution in [0.5, 0.6) is 0 Å². The maximum atomic E-state index is 8.69. The normalized spacial score (nSPS) is 11.5. The second-order valence-electron chi connectivity index (χ2n) is 2.14. The highest BCUT2D eigenvalue weighted by atomic mass is 32.1. The molecule has 66 valence electrons. The Hall–Kier alpha value is -1.60. The first-order valence-electron chi connectivity index (χ1n) is 3.58. The van der Waals surface area contributed by atoms with Crippen LogP contribution in [0.4, 0.5) is 0 Å². The molecule has 0 saturated heterocycles. The molecule has 0 radical (unpaired) electrons. The molecular weight excluding hydrogens is 184 g/mol. The number of hydrogen-bond donors (Lipinski definition) is 0.